The minimum atomic E-state index is -3.90. The predicted octanol–water partition coefficient (Wildman–Crippen LogP) is 2.72. The third-order valence-corrected chi connectivity index (χ3v) is 6.54. The molecule has 0 atom stereocenters. The number of nitrogens with zero attached hydrogens (tertiary/aromatic N) is 2. The van der Waals surface area contributed by atoms with Crippen LogP contribution >= 0.6 is 11.6 Å². The fourth-order valence-electron chi connectivity index (χ4n) is 3.11. The molecule has 3 rings (SSSR count). The number of halogens is 1. The number of methoxy groups -OCH3 is 4. The first-order chi connectivity index (χ1) is 14.8. The van der Waals surface area contributed by atoms with Gasteiger partial charge in [0.1, 0.15) is 11.4 Å². The molecule has 0 amide bonds. The number of ether oxygens (including phenoxy) is 4. The predicted molar refractivity (Wildman–Crippen MR) is 116 cm³/mol. The van der Waals surface area contributed by atoms with Gasteiger partial charge >= 0.3 is 0 Å². The molecular weight excluding hydrogens is 448 g/mol. The molecule has 1 heterocycles. The number of hydrogen-bond donors (Lipinski definition) is 0. The zero-order chi connectivity index (χ0) is 22.8. The summed E-state index contributed by atoms with van der Waals surface area (Å²) >= 11 is 5.65. The van der Waals surface area contributed by atoms with Gasteiger partial charge in [-0.15, -0.1) is 11.6 Å². The van der Waals surface area contributed by atoms with Crippen molar-refractivity contribution in [1.82, 2.24) is 9.19 Å². The summed E-state index contributed by atoms with van der Waals surface area (Å²) in [6.07, 6.45) is 0. The first-order valence-electron chi connectivity index (χ1n) is 9.02. The molecule has 0 aliphatic carbocycles. The zero-order valence-electron chi connectivity index (χ0n) is 17.3. The van der Waals surface area contributed by atoms with Gasteiger partial charge in [0.25, 0.3) is 10.0 Å². The minimum absolute atomic E-state index is 0.0509. The quantitative estimate of drug-likeness (QED) is 0.348. The van der Waals surface area contributed by atoms with Crippen LogP contribution in [0.5, 0.6) is 23.0 Å². The van der Waals surface area contributed by atoms with Crippen LogP contribution in [0.3, 0.4) is 0 Å². The fourth-order valence-corrected chi connectivity index (χ4v) is 4.72. The van der Waals surface area contributed by atoms with Gasteiger partial charge in [-0.3, -0.25) is 4.79 Å². The number of hydrogen-bond acceptors (Lipinski definition) is 8. The maximum atomic E-state index is 13.4. The molecule has 0 saturated heterocycles. The first-order valence-corrected chi connectivity index (χ1v) is 11.2. The summed E-state index contributed by atoms with van der Waals surface area (Å²) in [6.45, 7) is 0. The molecule has 11 heteroatoms. The van der Waals surface area contributed by atoms with Crippen LogP contribution in [0, 0.1) is 0 Å². The largest absolute Gasteiger partial charge is 0.497 e. The van der Waals surface area contributed by atoms with Gasteiger partial charge < -0.3 is 18.9 Å². The minimum Gasteiger partial charge on any atom is -0.497 e. The highest BCUT2D eigenvalue weighted by Gasteiger charge is 2.26. The Balaban J connectivity index is 2.25. The second-order valence-electron chi connectivity index (χ2n) is 6.32. The first kappa shape index (κ1) is 22.7. The third kappa shape index (κ3) is 4.13. The van der Waals surface area contributed by atoms with Gasteiger partial charge in [-0.25, -0.2) is 8.42 Å². The molecule has 1 aromatic heterocycles. The van der Waals surface area contributed by atoms with Crippen LogP contribution in [0.1, 0.15) is 16.1 Å². The van der Waals surface area contributed by atoms with E-state index in [1.165, 1.54) is 46.6 Å². The SMILES string of the molecule is COc1ccc2c(C(=O)c3cc(OC)c(OC)c(OC)c3)nn(S(=O)(=O)CCCl)c2c1. The molecule has 0 fully saturated rings. The Hall–Kier alpha value is -2.98. The van der Waals surface area contributed by atoms with Gasteiger partial charge in [-0.05, 0) is 24.3 Å². The summed E-state index contributed by atoms with van der Waals surface area (Å²) in [7, 11) is 1.87. The molecular formula is C20H21ClN2O7S. The molecule has 9 nitrogen and oxygen atoms in total. The average Bonchev–Trinajstić information content (AvgIpc) is 3.17. The summed E-state index contributed by atoms with van der Waals surface area (Å²) < 4.78 is 47.3. The normalized spacial score (nSPS) is 11.4. The van der Waals surface area contributed by atoms with Crippen LogP contribution in [-0.2, 0) is 10.0 Å². The highest BCUT2D eigenvalue weighted by Crippen LogP contribution is 2.39. The maximum absolute atomic E-state index is 13.4. The lowest BCUT2D eigenvalue weighted by molar-refractivity contribution is 0.103. The van der Waals surface area contributed by atoms with E-state index in [0.717, 1.165) is 4.09 Å². The number of rotatable bonds is 9. The average molecular weight is 469 g/mol. The number of ketones is 1. The molecule has 0 N–H and O–H groups in total. The van der Waals surface area contributed by atoms with Crippen LogP contribution in [0.15, 0.2) is 30.3 Å². The standard InChI is InChI=1S/C20H21ClN2O7S/c1-27-13-5-6-14-15(11-13)23(31(25,26)8-7-21)22-18(14)19(24)12-9-16(28-2)20(30-4)17(10-12)29-3/h5-6,9-11H,7-8H2,1-4H3. The lowest BCUT2D eigenvalue weighted by atomic mass is 10.0. The molecule has 2 aromatic carbocycles. The van der Waals surface area contributed by atoms with E-state index in [1.807, 2.05) is 0 Å². The molecule has 0 aliphatic heterocycles. The van der Waals surface area contributed by atoms with Crippen molar-refractivity contribution in [1.29, 1.82) is 0 Å². The topological polar surface area (TPSA) is 106 Å². The zero-order valence-corrected chi connectivity index (χ0v) is 18.9. The van der Waals surface area contributed by atoms with Crippen molar-refractivity contribution < 1.29 is 32.2 Å². The highest BCUT2D eigenvalue weighted by molar-refractivity contribution is 7.90. The second-order valence-corrected chi connectivity index (χ2v) is 8.62. The van der Waals surface area contributed by atoms with Crippen molar-refractivity contribution in [3.63, 3.8) is 0 Å². The van der Waals surface area contributed by atoms with Crippen molar-refractivity contribution in [2.45, 2.75) is 0 Å². The van der Waals surface area contributed by atoms with Gasteiger partial charge in [0.15, 0.2) is 11.5 Å². The van der Waals surface area contributed by atoms with Crippen LogP contribution in [0.25, 0.3) is 10.9 Å². The van der Waals surface area contributed by atoms with E-state index >= 15 is 0 Å². The Morgan fingerprint density at radius 2 is 1.65 bits per heavy atom. The second kappa shape index (κ2) is 9.03. The molecule has 0 aliphatic rings. The van der Waals surface area contributed by atoms with Crippen molar-refractivity contribution in [3.05, 3.63) is 41.6 Å². The molecule has 166 valence electrons. The van der Waals surface area contributed by atoms with Crippen molar-refractivity contribution >= 4 is 38.3 Å². The number of carbonyl (C=O) groups excluding carboxylic acids is 1. The number of carbonyl (C=O) groups is 1. The van der Waals surface area contributed by atoms with E-state index in [9.17, 15) is 13.2 Å². The monoisotopic (exact) mass is 468 g/mol. The van der Waals surface area contributed by atoms with Crippen molar-refractivity contribution in [2.75, 3.05) is 40.1 Å². The van der Waals surface area contributed by atoms with E-state index in [1.54, 1.807) is 12.1 Å². The lowest BCUT2D eigenvalue weighted by Gasteiger charge is -2.13. The molecule has 0 bridgehead atoms. The maximum Gasteiger partial charge on any atom is 0.255 e. The Labute approximate surface area is 184 Å². The number of alkyl halides is 1. The van der Waals surface area contributed by atoms with E-state index < -0.39 is 15.8 Å². The number of benzene rings is 2. The van der Waals surface area contributed by atoms with E-state index in [2.05, 4.69) is 5.10 Å². The smallest absolute Gasteiger partial charge is 0.255 e. The molecule has 0 saturated carbocycles. The summed E-state index contributed by atoms with van der Waals surface area (Å²) in [4.78, 5) is 13.4. The van der Waals surface area contributed by atoms with Gasteiger partial charge in [-0.2, -0.15) is 9.19 Å². The lowest BCUT2D eigenvalue weighted by Crippen LogP contribution is -2.19. The van der Waals surface area contributed by atoms with Crippen molar-refractivity contribution in [3.8, 4) is 23.0 Å². The van der Waals surface area contributed by atoms with Crippen molar-refractivity contribution in [2.24, 2.45) is 0 Å². The summed E-state index contributed by atoms with van der Waals surface area (Å²) in [6, 6.07) is 7.66. The highest BCUT2D eigenvalue weighted by atomic mass is 35.5. The van der Waals surface area contributed by atoms with Gasteiger partial charge in [-0.1, -0.05) is 0 Å². The van der Waals surface area contributed by atoms with E-state index in [0.29, 0.717) is 16.9 Å². The number of aromatic nitrogens is 2. The summed E-state index contributed by atoms with van der Waals surface area (Å²) in [5, 5.41) is 4.48. The Bertz CT molecular complexity index is 1210. The van der Waals surface area contributed by atoms with Crippen LogP contribution in [0.4, 0.5) is 0 Å². The molecule has 3 aromatic rings. The number of fused-ring (bicyclic) bond motifs is 1. The van der Waals surface area contributed by atoms with Crippen LogP contribution in [-0.4, -0.2) is 63.5 Å². The third-order valence-electron chi connectivity index (χ3n) is 4.60. The van der Waals surface area contributed by atoms with E-state index in [-0.39, 0.29) is 39.9 Å². The Kier molecular flexibility index (Phi) is 6.61. The molecule has 31 heavy (non-hydrogen) atoms. The Morgan fingerprint density at radius 3 is 2.16 bits per heavy atom. The fraction of sp³-hybridized carbons (Fsp3) is 0.300. The molecule has 0 unspecified atom stereocenters. The van der Waals surface area contributed by atoms with Gasteiger partial charge in [0.2, 0.25) is 11.5 Å². The van der Waals surface area contributed by atoms with E-state index in [4.69, 9.17) is 30.5 Å². The molecule has 0 radical (unpaired) electrons. The summed E-state index contributed by atoms with van der Waals surface area (Å²) in [5.74, 6) is 0.322. The van der Waals surface area contributed by atoms with Gasteiger partial charge in [0, 0.05) is 22.9 Å². The van der Waals surface area contributed by atoms with Crippen LogP contribution < -0.4 is 18.9 Å². The summed E-state index contributed by atoms with van der Waals surface area (Å²) in [5.41, 5.74) is 0.344. The molecule has 0 spiro atoms. The van der Waals surface area contributed by atoms with Crippen LogP contribution in [0.2, 0.25) is 0 Å². The van der Waals surface area contributed by atoms with Gasteiger partial charge in [0.05, 0.1) is 39.7 Å². The Morgan fingerprint density at radius 1 is 1.00 bits per heavy atom.